The van der Waals surface area contributed by atoms with Crippen molar-refractivity contribution in [1.82, 2.24) is 5.32 Å². The van der Waals surface area contributed by atoms with Crippen molar-refractivity contribution in [3.05, 3.63) is 25.3 Å². The minimum absolute atomic E-state index is 0.0443. The van der Waals surface area contributed by atoms with Crippen LogP contribution in [-0.4, -0.2) is 11.9 Å². The molecule has 1 rings (SSSR count). The molecule has 1 amide bonds. The van der Waals surface area contributed by atoms with Gasteiger partial charge in [-0.1, -0.05) is 12.7 Å². The van der Waals surface area contributed by atoms with Crippen LogP contribution in [-0.2, 0) is 4.79 Å². The van der Waals surface area contributed by atoms with E-state index in [-0.39, 0.29) is 5.91 Å². The molecule has 0 aromatic carbocycles. The molecule has 1 fully saturated rings. The second kappa shape index (κ2) is 5.63. The first-order chi connectivity index (χ1) is 6.76. The zero-order valence-corrected chi connectivity index (χ0v) is 8.67. The summed E-state index contributed by atoms with van der Waals surface area (Å²) in [6, 6.07) is 0.363. The second-order valence-corrected chi connectivity index (χ2v) is 3.95. The van der Waals surface area contributed by atoms with E-state index in [9.17, 15) is 4.79 Å². The molecule has 2 heteroatoms. The third-order valence-corrected chi connectivity index (χ3v) is 2.88. The summed E-state index contributed by atoms with van der Waals surface area (Å²) in [5.74, 6) is 0.738. The lowest BCUT2D eigenvalue weighted by molar-refractivity contribution is -0.117. The van der Waals surface area contributed by atoms with Crippen LogP contribution in [0.5, 0.6) is 0 Å². The first-order valence-corrected chi connectivity index (χ1v) is 5.30. The van der Waals surface area contributed by atoms with Crippen LogP contribution in [0.2, 0.25) is 0 Å². The molecular weight excluding hydrogens is 174 g/mol. The zero-order chi connectivity index (χ0) is 10.4. The molecule has 0 aromatic rings. The molecule has 78 valence electrons. The smallest absolute Gasteiger partial charge is 0.243 e. The predicted octanol–water partition coefficient (Wildman–Crippen LogP) is 2.42. The van der Waals surface area contributed by atoms with Gasteiger partial charge in [0, 0.05) is 6.04 Å². The first kappa shape index (κ1) is 11.0. The van der Waals surface area contributed by atoms with Gasteiger partial charge in [-0.2, -0.15) is 0 Å². The van der Waals surface area contributed by atoms with E-state index in [1.807, 2.05) is 6.08 Å². The highest BCUT2D eigenvalue weighted by molar-refractivity contribution is 5.87. The number of hydrogen-bond donors (Lipinski definition) is 1. The monoisotopic (exact) mass is 193 g/mol. The number of nitrogens with one attached hydrogen (secondary N) is 1. The Hall–Kier alpha value is -1.05. The van der Waals surface area contributed by atoms with E-state index < -0.39 is 0 Å². The standard InChI is InChI=1S/C12H19NO/c1-3-5-10-6-8-11(9-7-10)13-12(14)4-2/h3-4,10-11H,1-2,5-9H2,(H,13,14). The normalized spacial score (nSPS) is 26.6. The number of carbonyl (C=O) groups is 1. The largest absolute Gasteiger partial charge is 0.350 e. The fourth-order valence-electron chi connectivity index (χ4n) is 2.04. The van der Waals surface area contributed by atoms with Crippen LogP contribution in [0.4, 0.5) is 0 Å². The predicted molar refractivity (Wildman–Crippen MR) is 58.9 cm³/mol. The summed E-state index contributed by atoms with van der Waals surface area (Å²) in [6.45, 7) is 7.20. The zero-order valence-electron chi connectivity index (χ0n) is 8.67. The Balaban J connectivity index is 2.24. The summed E-state index contributed by atoms with van der Waals surface area (Å²) >= 11 is 0. The minimum Gasteiger partial charge on any atom is -0.350 e. The average Bonchev–Trinajstić information content (AvgIpc) is 2.21. The minimum atomic E-state index is -0.0443. The van der Waals surface area contributed by atoms with Gasteiger partial charge in [-0.05, 0) is 44.1 Å². The molecule has 1 aliphatic carbocycles. The quantitative estimate of drug-likeness (QED) is 0.539. The highest BCUT2D eigenvalue weighted by Crippen LogP contribution is 2.26. The number of allylic oxidation sites excluding steroid dienone is 1. The van der Waals surface area contributed by atoms with Crippen molar-refractivity contribution in [2.75, 3.05) is 0 Å². The SMILES string of the molecule is C=CCC1CCC(NC(=O)C=C)CC1. The molecule has 2 nitrogen and oxygen atoms in total. The molecule has 0 unspecified atom stereocenters. The first-order valence-electron chi connectivity index (χ1n) is 5.30. The van der Waals surface area contributed by atoms with E-state index in [1.165, 1.54) is 18.9 Å². The Morgan fingerprint density at radius 1 is 1.29 bits per heavy atom. The summed E-state index contributed by atoms with van der Waals surface area (Å²) < 4.78 is 0. The number of carbonyl (C=O) groups excluding carboxylic acids is 1. The van der Waals surface area contributed by atoms with Gasteiger partial charge in [0.1, 0.15) is 0 Å². The maximum absolute atomic E-state index is 11.0. The fourth-order valence-corrected chi connectivity index (χ4v) is 2.04. The Labute approximate surface area is 86.1 Å². The lowest BCUT2D eigenvalue weighted by atomic mass is 9.84. The Morgan fingerprint density at radius 2 is 1.93 bits per heavy atom. The molecule has 0 atom stereocenters. The van der Waals surface area contributed by atoms with Gasteiger partial charge in [0.15, 0.2) is 0 Å². The van der Waals surface area contributed by atoms with Crippen LogP contribution in [0.15, 0.2) is 25.3 Å². The Bertz CT molecular complexity index is 214. The lowest BCUT2D eigenvalue weighted by Gasteiger charge is -2.28. The Kier molecular flexibility index (Phi) is 4.44. The van der Waals surface area contributed by atoms with Crippen molar-refractivity contribution in [3.63, 3.8) is 0 Å². The second-order valence-electron chi connectivity index (χ2n) is 3.95. The number of hydrogen-bond acceptors (Lipinski definition) is 1. The highest BCUT2D eigenvalue weighted by Gasteiger charge is 2.20. The molecule has 1 aliphatic rings. The van der Waals surface area contributed by atoms with E-state index in [4.69, 9.17) is 0 Å². The van der Waals surface area contributed by atoms with Crippen LogP contribution in [0, 0.1) is 5.92 Å². The molecule has 0 spiro atoms. The summed E-state index contributed by atoms with van der Waals surface area (Å²) in [5, 5.41) is 2.95. The Morgan fingerprint density at radius 3 is 2.43 bits per heavy atom. The summed E-state index contributed by atoms with van der Waals surface area (Å²) in [7, 11) is 0. The van der Waals surface area contributed by atoms with E-state index >= 15 is 0 Å². The molecule has 0 aliphatic heterocycles. The number of rotatable bonds is 4. The lowest BCUT2D eigenvalue weighted by Crippen LogP contribution is -2.36. The molecule has 1 N–H and O–H groups in total. The van der Waals surface area contributed by atoms with Gasteiger partial charge in [-0.3, -0.25) is 4.79 Å². The third kappa shape index (κ3) is 3.36. The van der Waals surface area contributed by atoms with Crippen molar-refractivity contribution in [1.29, 1.82) is 0 Å². The summed E-state index contributed by atoms with van der Waals surface area (Å²) in [6.07, 6.45) is 9.05. The third-order valence-electron chi connectivity index (χ3n) is 2.88. The molecule has 0 heterocycles. The molecule has 0 aromatic heterocycles. The van der Waals surface area contributed by atoms with Crippen LogP contribution in [0.1, 0.15) is 32.1 Å². The van der Waals surface area contributed by atoms with E-state index in [0.717, 1.165) is 25.2 Å². The highest BCUT2D eigenvalue weighted by atomic mass is 16.1. The topological polar surface area (TPSA) is 29.1 Å². The van der Waals surface area contributed by atoms with Gasteiger partial charge >= 0.3 is 0 Å². The van der Waals surface area contributed by atoms with Crippen LogP contribution >= 0.6 is 0 Å². The van der Waals surface area contributed by atoms with Gasteiger partial charge in [-0.15, -0.1) is 6.58 Å². The maximum Gasteiger partial charge on any atom is 0.243 e. The van der Waals surface area contributed by atoms with E-state index in [2.05, 4.69) is 18.5 Å². The number of amides is 1. The van der Waals surface area contributed by atoms with Crippen molar-refractivity contribution in [2.45, 2.75) is 38.1 Å². The fraction of sp³-hybridized carbons (Fsp3) is 0.583. The van der Waals surface area contributed by atoms with E-state index in [0.29, 0.717) is 6.04 Å². The molecule has 0 saturated heterocycles. The molecule has 0 bridgehead atoms. The van der Waals surface area contributed by atoms with Crippen molar-refractivity contribution in [2.24, 2.45) is 5.92 Å². The summed E-state index contributed by atoms with van der Waals surface area (Å²) in [5.41, 5.74) is 0. The summed E-state index contributed by atoms with van der Waals surface area (Å²) in [4.78, 5) is 11.0. The van der Waals surface area contributed by atoms with Crippen LogP contribution < -0.4 is 5.32 Å². The molecule has 1 saturated carbocycles. The molecule has 14 heavy (non-hydrogen) atoms. The van der Waals surface area contributed by atoms with E-state index in [1.54, 1.807) is 0 Å². The molecule has 0 radical (unpaired) electrons. The van der Waals surface area contributed by atoms with Crippen molar-refractivity contribution < 1.29 is 4.79 Å². The molecular formula is C12H19NO. The van der Waals surface area contributed by atoms with Crippen LogP contribution in [0.25, 0.3) is 0 Å². The van der Waals surface area contributed by atoms with Crippen molar-refractivity contribution >= 4 is 5.91 Å². The average molecular weight is 193 g/mol. The van der Waals surface area contributed by atoms with Gasteiger partial charge in [0.05, 0.1) is 0 Å². The van der Waals surface area contributed by atoms with Crippen LogP contribution in [0.3, 0.4) is 0 Å². The van der Waals surface area contributed by atoms with Gasteiger partial charge in [0.25, 0.3) is 0 Å². The van der Waals surface area contributed by atoms with Crippen molar-refractivity contribution in [3.8, 4) is 0 Å². The maximum atomic E-state index is 11.0. The van der Waals surface area contributed by atoms with Gasteiger partial charge in [-0.25, -0.2) is 0 Å². The van der Waals surface area contributed by atoms with Gasteiger partial charge < -0.3 is 5.32 Å². The van der Waals surface area contributed by atoms with Gasteiger partial charge in [0.2, 0.25) is 5.91 Å².